The van der Waals surface area contributed by atoms with Crippen LogP contribution < -0.4 is 9.47 Å². The van der Waals surface area contributed by atoms with Crippen LogP contribution in [0.4, 0.5) is 0 Å². The van der Waals surface area contributed by atoms with Crippen LogP contribution in [0, 0.1) is 0 Å². The van der Waals surface area contributed by atoms with Gasteiger partial charge in [-0.05, 0) is 55.5 Å². The van der Waals surface area contributed by atoms with Crippen LogP contribution in [-0.4, -0.2) is 29.0 Å². The average Bonchev–Trinajstić information content (AvgIpc) is 2.98. The fraction of sp³-hybridized carbons (Fsp3) is 0.400. The van der Waals surface area contributed by atoms with E-state index in [1.165, 1.54) is 11.1 Å². The van der Waals surface area contributed by atoms with E-state index in [2.05, 4.69) is 0 Å². The molecule has 4 heteroatoms. The lowest BCUT2D eigenvalue weighted by atomic mass is 9.81. The molecule has 0 amide bonds. The van der Waals surface area contributed by atoms with Crippen molar-refractivity contribution in [3.05, 3.63) is 41.0 Å². The molecule has 0 saturated carbocycles. The number of aryl methyl sites for hydroxylation is 1. The molecule has 126 valence electrons. The lowest BCUT2D eigenvalue weighted by Crippen LogP contribution is -2.39. The lowest BCUT2D eigenvalue weighted by Gasteiger charge is -2.24. The van der Waals surface area contributed by atoms with Crippen molar-refractivity contribution in [3.63, 3.8) is 0 Å². The van der Waals surface area contributed by atoms with Gasteiger partial charge in [-0.3, -0.25) is 0 Å². The van der Waals surface area contributed by atoms with Gasteiger partial charge in [-0.25, -0.2) is 0 Å². The van der Waals surface area contributed by atoms with Gasteiger partial charge in [0.25, 0.3) is 0 Å². The molecule has 0 bridgehead atoms. The Bertz CT molecular complexity index is 817. The van der Waals surface area contributed by atoms with Crippen molar-refractivity contribution in [3.8, 4) is 28.4 Å². The molecule has 1 unspecified atom stereocenters. The van der Waals surface area contributed by atoms with Gasteiger partial charge < -0.3 is 19.7 Å². The fourth-order valence-corrected chi connectivity index (χ4v) is 3.84. The first kappa shape index (κ1) is 15.3. The van der Waals surface area contributed by atoms with Crippen molar-refractivity contribution < 1.29 is 19.7 Å². The van der Waals surface area contributed by atoms with E-state index >= 15 is 0 Å². The third-order valence-electron chi connectivity index (χ3n) is 5.16. The first-order valence-electron chi connectivity index (χ1n) is 8.32. The smallest absolute Gasteiger partial charge is 0.131 e. The molecule has 4 nitrogen and oxygen atoms in total. The maximum Gasteiger partial charge on any atom is 0.131 e. The minimum Gasteiger partial charge on any atom is -0.507 e. The molecule has 0 aromatic heterocycles. The van der Waals surface area contributed by atoms with Gasteiger partial charge in [-0.2, -0.15) is 0 Å². The predicted molar refractivity (Wildman–Crippen MR) is 91.9 cm³/mol. The number of phenols is 1. The van der Waals surface area contributed by atoms with E-state index in [-0.39, 0.29) is 11.9 Å². The molecule has 0 spiro atoms. The van der Waals surface area contributed by atoms with Crippen molar-refractivity contribution in [1.82, 2.24) is 0 Å². The molecule has 2 aliphatic rings. The number of hydrogen-bond donors (Lipinski definition) is 2. The van der Waals surface area contributed by atoms with Crippen molar-refractivity contribution in [1.29, 1.82) is 0 Å². The lowest BCUT2D eigenvalue weighted by molar-refractivity contribution is -0.0229. The van der Waals surface area contributed by atoms with Crippen molar-refractivity contribution in [2.24, 2.45) is 0 Å². The Morgan fingerprint density at radius 3 is 2.67 bits per heavy atom. The highest BCUT2D eigenvalue weighted by Gasteiger charge is 2.37. The molecule has 0 radical (unpaired) electrons. The summed E-state index contributed by atoms with van der Waals surface area (Å²) in [5, 5.41) is 20.8. The van der Waals surface area contributed by atoms with E-state index in [9.17, 15) is 10.2 Å². The summed E-state index contributed by atoms with van der Waals surface area (Å²) in [6.07, 6.45) is 2.23. The van der Waals surface area contributed by atoms with Crippen LogP contribution in [0.5, 0.6) is 17.2 Å². The first-order chi connectivity index (χ1) is 11.4. The number of ether oxygens (including phenoxy) is 2. The Labute approximate surface area is 141 Å². The third kappa shape index (κ3) is 2.25. The second-order valence-electron chi connectivity index (χ2n) is 7.21. The van der Waals surface area contributed by atoms with Gasteiger partial charge in [0, 0.05) is 23.6 Å². The van der Waals surface area contributed by atoms with Gasteiger partial charge in [-0.15, -0.1) is 0 Å². The molecule has 2 aromatic carbocycles. The predicted octanol–water partition coefficient (Wildman–Crippen LogP) is 3.24. The molecule has 2 N–H and O–H groups in total. The Morgan fingerprint density at radius 2 is 1.96 bits per heavy atom. The van der Waals surface area contributed by atoms with Gasteiger partial charge in [0.05, 0.1) is 12.7 Å². The largest absolute Gasteiger partial charge is 0.507 e. The van der Waals surface area contributed by atoms with Gasteiger partial charge in [0.2, 0.25) is 0 Å². The zero-order valence-corrected chi connectivity index (χ0v) is 14.2. The number of aliphatic hydroxyl groups is 1. The van der Waals surface area contributed by atoms with Crippen LogP contribution in [-0.2, 0) is 19.3 Å². The molecule has 0 saturated heterocycles. The molecule has 4 rings (SSSR count). The number of aromatic hydroxyl groups is 1. The number of fused-ring (bicyclic) bond motifs is 5. The van der Waals surface area contributed by atoms with E-state index in [4.69, 9.17) is 9.47 Å². The van der Waals surface area contributed by atoms with Gasteiger partial charge >= 0.3 is 0 Å². The molecular weight excluding hydrogens is 304 g/mol. The Kier molecular flexibility index (Phi) is 3.29. The topological polar surface area (TPSA) is 58.9 Å². The fourth-order valence-electron chi connectivity index (χ4n) is 3.84. The van der Waals surface area contributed by atoms with Crippen molar-refractivity contribution in [2.75, 3.05) is 7.11 Å². The molecule has 1 heterocycles. The summed E-state index contributed by atoms with van der Waals surface area (Å²) in [7, 11) is 1.61. The summed E-state index contributed by atoms with van der Waals surface area (Å²) in [5.74, 6) is 1.79. The van der Waals surface area contributed by atoms with E-state index in [0.29, 0.717) is 12.2 Å². The maximum absolute atomic E-state index is 10.5. The van der Waals surface area contributed by atoms with Crippen LogP contribution in [0.2, 0.25) is 0 Å². The number of phenolic OH excluding ortho intramolecular Hbond substituents is 1. The summed E-state index contributed by atoms with van der Waals surface area (Å²) < 4.78 is 11.2. The molecule has 1 aliphatic carbocycles. The minimum atomic E-state index is -0.881. The molecule has 1 aliphatic heterocycles. The molecule has 24 heavy (non-hydrogen) atoms. The van der Waals surface area contributed by atoms with E-state index in [0.717, 1.165) is 35.3 Å². The summed E-state index contributed by atoms with van der Waals surface area (Å²) >= 11 is 0. The van der Waals surface area contributed by atoms with Crippen LogP contribution in [0.3, 0.4) is 0 Å². The number of hydrogen-bond acceptors (Lipinski definition) is 4. The van der Waals surface area contributed by atoms with Crippen LogP contribution in [0.25, 0.3) is 11.1 Å². The Hall–Kier alpha value is -2.20. The van der Waals surface area contributed by atoms with E-state index < -0.39 is 5.60 Å². The highest BCUT2D eigenvalue weighted by atomic mass is 16.5. The molecule has 2 aromatic rings. The number of rotatable bonds is 2. The van der Waals surface area contributed by atoms with Gasteiger partial charge in [0.15, 0.2) is 0 Å². The SMILES string of the molecule is COc1cc(O)c2c(c1)CCc1c-2ccc2c1CC(C(C)(C)O)O2. The van der Waals surface area contributed by atoms with Crippen LogP contribution in [0.1, 0.15) is 30.5 Å². The van der Waals surface area contributed by atoms with E-state index in [1.54, 1.807) is 27.0 Å². The monoisotopic (exact) mass is 326 g/mol. The minimum absolute atomic E-state index is 0.232. The van der Waals surface area contributed by atoms with Crippen LogP contribution >= 0.6 is 0 Å². The normalized spacial score (nSPS) is 18.4. The average molecular weight is 326 g/mol. The number of benzene rings is 2. The maximum atomic E-state index is 10.5. The Morgan fingerprint density at radius 1 is 1.17 bits per heavy atom. The summed E-state index contributed by atoms with van der Waals surface area (Å²) in [5.41, 5.74) is 4.58. The zero-order valence-electron chi connectivity index (χ0n) is 14.2. The summed E-state index contributed by atoms with van der Waals surface area (Å²) in [4.78, 5) is 0. The van der Waals surface area contributed by atoms with E-state index in [1.807, 2.05) is 18.2 Å². The quantitative estimate of drug-likeness (QED) is 0.889. The van der Waals surface area contributed by atoms with Crippen molar-refractivity contribution >= 4 is 0 Å². The van der Waals surface area contributed by atoms with Gasteiger partial charge in [-0.1, -0.05) is 6.07 Å². The van der Waals surface area contributed by atoms with Crippen LogP contribution in [0.15, 0.2) is 24.3 Å². The van der Waals surface area contributed by atoms with Gasteiger partial charge in [0.1, 0.15) is 23.4 Å². The third-order valence-corrected chi connectivity index (χ3v) is 5.16. The molecule has 0 fully saturated rings. The zero-order chi connectivity index (χ0) is 17.1. The first-order valence-corrected chi connectivity index (χ1v) is 8.32. The molecule has 1 atom stereocenters. The Balaban J connectivity index is 1.83. The standard InChI is InChI=1S/C20H22O4/c1-20(2,22)18-10-15-13-5-4-11-8-12(23-3)9-16(21)19(11)14(13)6-7-17(15)24-18/h6-9,18,21-22H,4-5,10H2,1-3H3. The summed E-state index contributed by atoms with van der Waals surface area (Å²) in [6, 6.07) is 7.64. The highest BCUT2D eigenvalue weighted by Crippen LogP contribution is 2.47. The molecular formula is C20H22O4. The second kappa shape index (κ2) is 5.15. The number of methoxy groups -OCH3 is 1. The highest BCUT2D eigenvalue weighted by molar-refractivity contribution is 5.81. The summed E-state index contributed by atoms with van der Waals surface area (Å²) in [6.45, 7) is 3.56. The second-order valence-corrected chi connectivity index (χ2v) is 7.21. The van der Waals surface area contributed by atoms with Crippen molar-refractivity contribution in [2.45, 2.75) is 44.8 Å².